The van der Waals surface area contributed by atoms with E-state index in [1.54, 1.807) is 6.26 Å². The second-order valence-corrected chi connectivity index (χ2v) is 7.56. The second-order valence-electron chi connectivity index (χ2n) is 7.56. The summed E-state index contributed by atoms with van der Waals surface area (Å²) in [7, 11) is 2.11. The number of hydrogen-bond acceptors (Lipinski definition) is 4. The van der Waals surface area contributed by atoms with Crippen molar-refractivity contribution in [2.24, 2.45) is 11.8 Å². The largest absolute Gasteiger partial charge is 0.468 e. The van der Waals surface area contributed by atoms with Crippen molar-refractivity contribution in [2.75, 3.05) is 20.1 Å². The number of imidazole rings is 1. The molecule has 6 nitrogen and oxygen atoms in total. The molecule has 134 valence electrons. The molecule has 0 aromatic carbocycles. The zero-order valence-electron chi connectivity index (χ0n) is 14.8. The minimum atomic E-state index is 0.289. The first kappa shape index (κ1) is 16.4. The van der Waals surface area contributed by atoms with E-state index in [1.807, 2.05) is 29.4 Å². The Balaban J connectivity index is 1.43. The number of rotatable bonds is 6. The van der Waals surface area contributed by atoms with Crippen LogP contribution in [0.4, 0.5) is 0 Å². The van der Waals surface area contributed by atoms with Crippen LogP contribution in [0.5, 0.6) is 0 Å². The molecule has 0 radical (unpaired) electrons. The Morgan fingerprint density at radius 1 is 1.36 bits per heavy atom. The molecule has 4 rings (SSSR count). The summed E-state index contributed by atoms with van der Waals surface area (Å²) in [6.45, 7) is 4.06. The van der Waals surface area contributed by atoms with Gasteiger partial charge in [0.2, 0.25) is 5.91 Å². The van der Waals surface area contributed by atoms with Crippen LogP contribution in [0.1, 0.15) is 30.8 Å². The van der Waals surface area contributed by atoms with Gasteiger partial charge in [-0.25, -0.2) is 4.98 Å². The molecule has 1 saturated carbocycles. The van der Waals surface area contributed by atoms with Gasteiger partial charge in [-0.3, -0.25) is 9.69 Å². The normalized spacial score (nSPS) is 20.6. The van der Waals surface area contributed by atoms with Gasteiger partial charge in [-0.2, -0.15) is 0 Å². The number of furan rings is 1. The molecule has 2 aromatic heterocycles. The Hall–Kier alpha value is -2.08. The first-order valence-corrected chi connectivity index (χ1v) is 9.16. The van der Waals surface area contributed by atoms with Gasteiger partial charge in [0.15, 0.2) is 0 Å². The van der Waals surface area contributed by atoms with Crippen molar-refractivity contribution in [3.8, 4) is 0 Å². The molecule has 2 aliphatic rings. The van der Waals surface area contributed by atoms with Crippen molar-refractivity contribution in [3.63, 3.8) is 0 Å². The highest BCUT2D eigenvalue weighted by atomic mass is 16.3. The van der Waals surface area contributed by atoms with E-state index in [1.165, 1.54) is 12.8 Å². The molecule has 1 atom stereocenters. The molecule has 25 heavy (non-hydrogen) atoms. The van der Waals surface area contributed by atoms with E-state index in [-0.39, 0.29) is 5.91 Å². The van der Waals surface area contributed by atoms with Crippen LogP contribution in [-0.2, 0) is 24.4 Å². The van der Waals surface area contributed by atoms with Gasteiger partial charge in [-0.15, -0.1) is 0 Å². The molecule has 2 aromatic rings. The van der Waals surface area contributed by atoms with Crippen LogP contribution in [0.25, 0.3) is 0 Å². The number of nitrogens with zero attached hydrogens (tertiary/aromatic N) is 4. The zero-order chi connectivity index (χ0) is 17.2. The summed E-state index contributed by atoms with van der Waals surface area (Å²) in [4.78, 5) is 21.4. The van der Waals surface area contributed by atoms with E-state index >= 15 is 0 Å². The first-order chi connectivity index (χ1) is 12.2. The van der Waals surface area contributed by atoms with Gasteiger partial charge in [-0.05, 0) is 37.9 Å². The van der Waals surface area contributed by atoms with Crippen molar-refractivity contribution >= 4 is 5.91 Å². The molecule has 3 heterocycles. The van der Waals surface area contributed by atoms with Gasteiger partial charge in [0.25, 0.3) is 0 Å². The predicted molar refractivity (Wildman–Crippen MR) is 93.5 cm³/mol. The van der Waals surface area contributed by atoms with E-state index < -0.39 is 0 Å². The third kappa shape index (κ3) is 4.12. The lowest BCUT2D eigenvalue weighted by Gasteiger charge is -2.27. The van der Waals surface area contributed by atoms with E-state index in [0.717, 1.165) is 37.8 Å². The molecule has 0 N–H and O–H groups in total. The molecular formula is C19H26N4O2. The molecule has 0 unspecified atom stereocenters. The average molecular weight is 342 g/mol. The lowest BCUT2D eigenvalue weighted by Crippen LogP contribution is -2.38. The van der Waals surface area contributed by atoms with Crippen LogP contribution in [0.3, 0.4) is 0 Å². The Labute approximate surface area is 148 Å². The summed E-state index contributed by atoms with van der Waals surface area (Å²) >= 11 is 0. The fourth-order valence-corrected chi connectivity index (χ4v) is 3.72. The SMILES string of the molecule is CN(Cc1ccco1)C[C@H]1CN(C(=O)CC2CC2)Cc2nccn2C1. The topological polar surface area (TPSA) is 54.5 Å². The maximum absolute atomic E-state index is 12.7. The highest BCUT2D eigenvalue weighted by Gasteiger charge is 2.30. The van der Waals surface area contributed by atoms with Crippen LogP contribution >= 0.6 is 0 Å². The molecule has 1 aliphatic carbocycles. The standard InChI is InChI=1S/C19H26N4O2/c1-21(13-17-3-2-8-25-17)10-16-11-22-7-6-20-18(22)14-23(12-16)19(24)9-15-4-5-15/h2-3,6-8,15-16H,4-5,9-14H2,1H3/t16-/m1/s1. The Bertz CT molecular complexity index is 705. The smallest absolute Gasteiger partial charge is 0.223 e. The van der Waals surface area contributed by atoms with Gasteiger partial charge >= 0.3 is 0 Å². The van der Waals surface area contributed by atoms with Gasteiger partial charge in [0.1, 0.15) is 11.6 Å². The van der Waals surface area contributed by atoms with Crippen LogP contribution in [0.15, 0.2) is 35.2 Å². The number of fused-ring (bicyclic) bond motifs is 1. The maximum atomic E-state index is 12.7. The molecule has 1 fully saturated rings. The molecule has 0 saturated heterocycles. The van der Waals surface area contributed by atoms with Crippen LogP contribution in [0, 0.1) is 11.8 Å². The first-order valence-electron chi connectivity index (χ1n) is 9.16. The van der Waals surface area contributed by atoms with Crippen LogP contribution in [0.2, 0.25) is 0 Å². The highest BCUT2D eigenvalue weighted by molar-refractivity contribution is 5.76. The number of amides is 1. The summed E-state index contributed by atoms with van der Waals surface area (Å²) < 4.78 is 7.65. The number of carbonyl (C=O) groups is 1. The lowest BCUT2D eigenvalue weighted by atomic mass is 10.1. The van der Waals surface area contributed by atoms with Crippen LogP contribution in [-0.4, -0.2) is 45.4 Å². The third-order valence-corrected chi connectivity index (χ3v) is 5.16. The highest BCUT2D eigenvalue weighted by Crippen LogP contribution is 2.33. The molecule has 6 heteroatoms. The molecule has 0 spiro atoms. The van der Waals surface area contributed by atoms with Crippen LogP contribution < -0.4 is 0 Å². The summed E-state index contributed by atoms with van der Waals surface area (Å²) in [6, 6.07) is 3.92. The molecule has 1 amide bonds. The minimum absolute atomic E-state index is 0.289. The van der Waals surface area contributed by atoms with Crippen molar-refractivity contribution < 1.29 is 9.21 Å². The summed E-state index contributed by atoms with van der Waals surface area (Å²) in [6.07, 6.45) is 8.71. The predicted octanol–water partition coefficient (Wildman–Crippen LogP) is 2.37. The third-order valence-electron chi connectivity index (χ3n) is 5.16. The minimum Gasteiger partial charge on any atom is -0.468 e. The van der Waals surface area contributed by atoms with E-state index in [0.29, 0.717) is 24.8 Å². The number of aromatic nitrogens is 2. The molecule has 1 aliphatic heterocycles. The van der Waals surface area contributed by atoms with Crippen molar-refractivity contribution in [1.82, 2.24) is 19.4 Å². The summed E-state index contributed by atoms with van der Waals surface area (Å²) in [5, 5.41) is 0. The van der Waals surface area contributed by atoms with E-state index in [9.17, 15) is 4.79 Å². The number of hydrogen-bond donors (Lipinski definition) is 0. The fourth-order valence-electron chi connectivity index (χ4n) is 3.72. The zero-order valence-corrected chi connectivity index (χ0v) is 14.8. The van der Waals surface area contributed by atoms with Gasteiger partial charge in [0.05, 0.1) is 19.4 Å². The van der Waals surface area contributed by atoms with Crippen molar-refractivity contribution in [1.29, 1.82) is 0 Å². The Morgan fingerprint density at radius 3 is 3.00 bits per heavy atom. The number of carbonyl (C=O) groups excluding carboxylic acids is 1. The summed E-state index contributed by atoms with van der Waals surface area (Å²) in [5.41, 5.74) is 0. The van der Waals surface area contributed by atoms with Gasteiger partial charge in [0, 0.05) is 44.4 Å². The van der Waals surface area contributed by atoms with Gasteiger partial charge < -0.3 is 13.9 Å². The molecule has 0 bridgehead atoms. The fraction of sp³-hybridized carbons (Fsp3) is 0.579. The van der Waals surface area contributed by atoms with Gasteiger partial charge in [-0.1, -0.05) is 0 Å². The van der Waals surface area contributed by atoms with E-state index in [4.69, 9.17) is 4.42 Å². The molecular weight excluding hydrogens is 316 g/mol. The van der Waals surface area contributed by atoms with Crippen molar-refractivity contribution in [2.45, 2.75) is 38.9 Å². The Morgan fingerprint density at radius 2 is 2.24 bits per heavy atom. The lowest BCUT2D eigenvalue weighted by molar-refractivity contribution is -0.132. The monoisotopic (exact) mass is 342 g/mol. The average Bonchev–Trinajstić information content (AvgIpc) is 3.10. The van der Waals surface area contributed by atoms with E-state index in [2.05, 4.69) is 21.5 Å². The Kier molecular flexibility index (Phi) is 4.61. The quantitative estimate of drug-likeness (QED) is 0.809. The van der Waals surface area contributed by atoms with Crippen molar-refractivity contribution in [3.05, 3.63) is 42.4 Å². The maximum Gasteiger partial charge on any atom is 0.223 e. The summed E-state index contributed by atoms with van der Waals surface area (Å²) in [5.74, 6) is 3.27. The second kappa shape index (κ2) is 7.04.